The number of nitrogens with zero attached hydrogens (tertiary/aromatic N) is 1. The van der Waals surface area contributed by atoms with E-state index in [-0.39, 0.29) is 5.91 Å². The molecule has 0 aliphatic carbocycles. The maximum atomic E-state index is 12.8. The predicted octanol–water partition coefficient (Wildman–Crippen LogP) is 2.76. The molecule has 0 bridgehead atoms. The van der Waals surface area contributed by atoms with Crippen LogP contribution in [0.4, 0.5) is 18.3 Å². The summed E-state index contributed by atoms with van der Waals surface area (Å²) in [6.07, 6.45) is -5.01. The van der Waals surface area contributed by atoms with E-state index in [9.17, 15) is 18.0 Å². The van der Waals surface area contributed by atoms with E-state index in [2.05, 4.69) is 15.6 Å². The highest BCUT2D eigenvalue weighted by Gasteiger charge is 2.30. The van der Waals surface area contributed by atoms with E-state index in [0.717, 1.165) is 23.5 Å². The highest BCUT2D eigenvalue weighted by molar-refractivity contribution is 7.14. The zero-order valence-corrected chi connectivity index (χ0v) is 13.2. The molecule has 1 fully saturated rings. The minimum atomic E-state index is -4.41. The summed E-state index contributed by atoms with van der Waals surface area (Å²) in [5.41, 5.74) is -0.0125. The lowest BCUT2D eigenvalue weighted by molar-refractivity contribution is -0.137. The van der Waals surface area contributed by atoms with E-state index < -0.39 is 17.8 Å². The number of benzene rings is 1. The zero-order valence-electron chi connectivity index (χ0n) is 12.4. The van der Waals surface area contributed by atoms with E-state index in [4.69, 9.17) is 4.74 Å². The SMILES string of the molecule is O=C(Nc1nc(-c2cccc(C(F)(F)F)c2)cs1)[C@H]1CNCCO1. The standard InChI is InChI=1S/C15H14F3N3O2S/c16-15(17,18)10-3-1-2-9(6-10)11-8-24-14(20-11)21-13(22)12-7-19-4-5-23-12/h1-3,6,8,12,19H,4-5,7H2,(H,20,21,22)/t12-/m1/s1. The third-order valence-corrected chi connectivity index (χ3v) is 4.20. The molecule has 5 nitrogen and oxygen atoms in total. The Bertz CT molecular complexity index is 727. The van der Waals surface area contributed by atoms with Gasteiger partial charge in [-0.1, -0.05) is 12.1 Å². The number of rotatable bonds is 3. The average Bonchev–Trinajstić information content (AvgIpc) is 3.03. The third kappa shape index (κ3) is 3.92. The van der Waals surface area contributed by atoms with Gasteiger partial charge < -0.3 is 10.1 Å². The molecule has 128 valence electrons. The van der Waals surface area contributed by atoms with Crippen LogP contribution in [0.5, 0.6) is 0 Å². The Balaban J connectivity index is 1.72. The molecule has 0 radical (unpaired) electrons. The van der Waals surface area contributed by atoms with Gasteiger partial charge in [0.25, 0.3) is 5.91 Å². The van der Waals surface area contributed by atoms with Gasteiger partial charge in [0.1, 0.15) is 6.10 Å². The van der Waals surface area contributed by atoms with Gasteiger partial charge in [-0.2, -0.15) is 13.2 Å². The Hall–Kier alpha value is -1.97. The van der Waals surface area contributed by atoms with E-state index in [1.165, 1.54) is 6.07 Å². The Labute approximate surface area is 139 Å². The largest absolute Gasteiger partial charge is 0.416 e. The van der Waals surface area contributed by atoms with Crippen molar-refractivity contribution in [2.75, 3.05) is 25.0 Å². The molecule has 1 aromatic carbocycles. The summed E-state index contributed by atoms with van der Waals surface area (Å²) in [5.74, 6) is -0.327. The Morgan fingerprint density at radius 1 is 1.42 bits per heavy atom. The van der Waals surface area contributed by atoms with E-state index in [1.807, 2.05) is 0 Å². The van der Waals surface area contributed by atoms with Gasteiger partial charge in [0.05, 0.1) is 17.9 Å². The fourth-order valence-electron chi connectivity index (χ4n) is 2.24. The number of hydrogen-bond donors (Lipinski definition) is 2. The summed E-state index contributed by atoms with van der Waals surface area (Å²) in [5, 5.41) is 7.59. The van der Waals surface area contributed by atoms with Gasteiger partial charge in [-0.25, -0.2) is 4.98 Å². The summed E-state index contributed by atoms with van der Waals surface area (Å²) in [7, 11) is 0. The second-order valence-electron chi connectivity index (χ2n) is 5.17. The molecule has 24 heavy (non-hydrogen) atoms. The molecule has 3 rings (SSSR count). The van der Waals surface area contributed by atoms with Gasteiger partial charge in [0.15, 0.2) is 5.13 Å². The number of halogens is 3. The van der Waals surface area contributed by atoms with E-state index >= 15 is 0 Å². The Morgan fingerprint density at radius 2 is 2.25 bits per heavy atom. The molecule has 1 aliphatic rings. The van der Waals surface area contributed by atoms with Crippen LogP contribution in [0.2, 0.25) is 0 Å². The molecule has 9 heteroatoms. The second-order valence-corrected chi connectivity index (χ2v) is 6.03. The lowest BCUT2D eigenvalue weighted by atomic mass is 10.1. The number of thiazole rings is 1. The molecule has 1 atom stereocenters. The van der Waals surface area contributed by atoms with Gasteiger partial charge in [-0.05, 0) is 12.1 Å². The number of carbonyl (C=O) groups excluding carboxylic acids is 1. The summed E-state index contributed by atoms with van der Waals surface area (Å²) >= 11 is 1.15. The summed E-state index contributed by atoms with van der Waals surface area (Å²) in [6, 6.07) is 4.92. The average molecular weight is 357 g/mol. The molecule has 1 aromatic heterocycles. The molecule has 0 spiro atoms. The lowest BCUT2D eigenvalue weighted by Gasteiger charge is -2.22. The van der Waals surface area contributed by atoms with Crippen molar-refractivity contribution in [3.63, 3.8) is 0 Å². The van der Waals surface area contributed by atoms with Crippen molar-refractivity contribution in [2.24, 2.45) is 0 Å². The Kier molecular flexibility index (Phi) is 4.83. The molecule has 1 aliphatic heterocycles. The summed E-state index contributed by atoms with van der Waals surface area (Å²) < 4.78 is 43.7. The highest BCUT2D eigenvalue weighted by atomic mass is 32.1. The number of carbonyl (C=O) groups is 1. The zero-order chi connectivity index (χ0) is 17.2. The maximum absolute atomic E-state index is 12.8. The van der Waals surface area contributed by atoms with Crippen LogP contribution in [-0.4, -0.2) is 36.7 Å². The first-order valence-electron chi connectivity index (χ1n) is 7.20. The first-order chi connectivity index (χ1) is 11.4. The minimum absolute atomic E-state index is 0.321. The molecule has 2 aromatic rings. The van der Waals surface area contributed by atoms with Crippen LogP contribution in [0.15, 0.2) is 29.6 Å². The summed E-state index contributed by atoms with van der Waals surface area (Å²) in [6.45, 7) is 1.56. The van der Waals surface area contributed by atoms with E-state index in [1.54, 1.807) is 11.4 Å². The Morgan fingerprint density at radius 3 is 2.96 bits per heavy atom. The quantitative estimate of drug-likeness (QED) is 0.887. The fraction of sp³-hybridized carbons (Fsp3) is 0.333. The van der Waals surface area contributed by atoms with Crippen LogP contribution < -0.4 is 10.6 Å². The number of nitrogens with one attached hydrogen (secondary N) is 2. The van der Waals surface area contributed by atoms with Gasteiger partial charge in [-0.3, -0.25) is 10.1 Å². The number of alkyl halides is 3. The number of amides is 1. The van der Waals surface area contributed by atoms with Gasteiger partial charge in [0, 0.05) is 24.0 Å². The molecular formula is C15H14F3N3O2S. The second kappa shape index (κ2) is 6.88. The van der Waals surface area contributed by atoms with Gasteiger partial charge in [-0.15, -0.1) is 11.3 Å². The van der Waals surface area contributed by atoms with Crippen LogP contribution >= 0.6 is 11.3 Å². The lowest BCUT2D eigenvalue weighted by Crippen LogP contribution is -2.45. The molecular weight excluding hydrogens is 343 g/mol. The predicted molar refractivity (Wildman–Crippen MR) is 83.8 cm³/mol. The smallest absolute Gasteiger partial charge is 0.366 e. The maximum Gasteiger partial charge on any atom is 0.416 e. The first kappa shape index (κ1) is 16.9. The van der Waals surface area contributed by atoms with Crippen molar-refractivity contribution in [3.8, 4) is 11.3 Å². The first-order valence-corrected chi connectivity index (χ1v) is 8.08. The number of hydrogen-bond acceptors (Lipinski definition) is 5. The molecule has 0 saturated carbocycles. The highest BCUT2D eigenvalue weighted by Crippen LogP contribution is 2.33. The van der Waals surface area contributed by atoms with Crippen LogP contribution in [0.3, 0.4) is 0 Å². The van der Waals surface area contributed by atoms with E-state index in [0.29, 0.717) is 36.1 Å². The normalized spacial score (nSPS) is 18.4. The van der Waals surface area contributed by atoms with Crippen molar-refractivity contribution in [2.45, 2.75) is 12.3 Å². The number of morpholine rings is 1. The van der Waals surface area contributed by atoms with Crippen LogP contribution in [-0.2, 0) is 15.7 Å². The molecule has 0 unspecified atom stereocenters. The third-order valence-electron chi connectivity index (χ3n) is 3.44. The fourth-order valence-corrected chi connectivity index (χ4v) is 2.96. The molecule has 2 heterocycles. The van der Waals surface area contributed by atoms with Crippen molar-refractivity contribution in [1.29, 1.82) is 0 Å². The van der Waals surface area contributed by atoms with Crippen molar-refractivity contribution in [3.05, 3.63) is 35.2 Å². The number of anilines is 1. The van der Waals surface area contributed by atoms with Crippen molar-refractivity contribution >= 4 is 22.4 Å². The summed E-state index contributed by atoms with van der Waals surface area (Å²) in [4.78, 5) is 16.2. The van der Waals surface area contributed by atoms with Gasteiger partial charge in [0.2, 0.25) is 0 Å². The minimum Gasteiger partial charge on any atom is -0.366 e. The van der Waals surface area contributed by atoms with Crippen LogP contribution in [0, 0.1) is 0 Å². The molecule has 1 saturated heterocycles. The van der Waals surface area contributed by atoms with Crippen LogP contribution in [0.1, 0.15) is 5.56 Å². The molecule has 2 N–H and O–H groups in total. The van der Waals surface area contributed by atoms with Gasteiger partial charge >= 0.3 is 6.18 Å². The van der Waals surface area contributed by atoms with Crippen molar-refractivity contribution < 1.29 is 22.7 Å². The topological polar surface area (TPSA) is 63.2 Å². The van der Waals surface area contributed by atoms with Crippen LogP contribution in [0.25, 0.3) is 11.3 Å². The molecule has 1 amide bonds. The monoisotopic (exact) mass is 357 g/mol. The van der Waals surface area contributed by atoms with Crippen molar-refractivity contribution in [1.82, 2.24) is 10.3 Å². The number of ether oxygens (including phenoxy) is 1. The number of aromatic nitrogens is 1.